The second kappa shape index (κ2) is 11.2. The quantitative estimate of drug-likeness (QED) is 0.188. The number of aromatic nitrogens is 4. The highest BCUT2D eigenvalue weighted by Gasteiger charge is 2.25. The molecular formula is C47H28N4O. The molecule has 0 radical (unpaired) electrons. The van der Waals surface area contributed by atoms with Crippen LogP contribution in [0.2, 0.25) is 0 Å². The largest absolute Gasteiger partial charge is 0.456 e. The predicted molar refractivity (Wildman–Crippen MR) is 213 cm³/mol. The van der Waals surface area contributed by atoms with Gasteiger partial charge in [0.25, 0.3) is 0 Å². The number of hydrogen-bond acceptors (Lipinski definition) is 4. The van der Waals surface area contributed by atoms with Gasteiger partial charge in [0.1, 0.15) is 11.2 Å². The Morgan fingerprint density at radius 1 is 0.385 bits per heavy atom. The fraction of sp³-hybridized carbons (Fsp3) is 0. The first-order chi connectivity index (χ1) is 25.8. The van der Waals surface area contributed by atoms with Crippen LogP contribution < -0.4 is 0 Å². The molecule has 52 heavy (non-hydrogen) atoms. The topological polar surface area (TPSA) is 56.7 Å². The van der Waals surface area contributed by atoms with Crippen LogP contribution in [0.15, 0.2) is 174 Å². The van der Waals surface area contributed by atoms with E-state index in [1.165, 1.54) is 32.3 Å². The van der Waals surface area contributed by atoms with Crippen LogP contribution in [-0.2, 0) is 0 Å². The van der Waals surface area contributed by atoms with Gasteiger partial charge in [-0.2, -0.15) is 0 Å². The number of furan rings is 1. The van der Waals surface area contributed by atoms with Crippen LogP contribution in [0.5, 0.6) is 0 Å². The second-order valence-corrected chi connectivity index (χ2v) is 13.2. The Hall–Kier alpha value is -7.11. The Bertz CT molecular complexity index is 3120. The Balaban J connectivity index is 1.34. The highest BCUT2D eigenvalue weighted by atomic mass is 16.3. The maximum atomic E-state index is 6.57. The lowest BCUT2D eigenvalue weighted by Crippen LogP contribution is -2.04. The van der Waals surface area contributed by atoms with E-state index in [-0.39, 0.29) is 0 Å². The molecule has 3 heterocycles. The van der Waals surface area contributed by atoms with Crippen molar-refractivity contribution in [1.29, 1.82) is 0 Å². The van der Waals surface area contributed by atoms with Gasteiger partial charge in [-0.1, -0.05) is 133 Å². The molecule has 5 heteroatoms. The van der Waals surface area contributed by atoms with Crippen LogP contribution in [0, 0.1) is 0 Å². The minimum Gasteiger partial charge on any atom is -0.456 e. The molecule has 0 N–H and O–H groups in total. The lowest BCUT2D eigenvalue weighted by atomic mass is 10.0. The molecule has 0 aliphatic heterocycles. The lowest BCUT2D eigenvalue weighted by Gasteiger charge is -2.16. The molecule has 11 rings (SSSR count). The number of rotatable bonds is 4. The molecule has 0 atom stereocenters. The minimum absolute atomic E-state index is 0.589. The summed E-state index contributed by atoms with van der Waals surface area (Å²) in [6.07, 6.45) is 0. The molecular weight excluding hydrogens is 637 g/mol. The van der Waals surface area contributed by atoms with Crippen LogP contribution in [-0.4, -0.2) is 19.5 Å². The van der Waals surface area contributed by atoms with Crippen molar-refractivity contribution in [2.24, 2.45) is 0 Å². The highest BCUT2D eigenvalue weighted by Crippen LogP contribution is 2.45. The first kappa shape index (κ1) is 28.7. The van der Waals surface area contributed by atoms with Gasteiger partial charge in [-0.25, -0.2) is 15.0 Å². The summed E-state index contributed by atoms with van der Waals surface area (Å²) in [7, 11) is 0. The van der Waals surface area contributed by atoms with Crippen molar-refractivity contribution in [3.63, 3.8) is 0 Å². The van der Waals surface area contributed by atoms with E-state index in [9.17, 15) is 0 Å². The molecule has 0 spiro atoms. The maximum absolute atomic E-state index is 6.57. The van der Waals surface area contributed by atoms with Crippen LogP contribution in [0.4, 0.5) is 0 Å². The summed E-state index contributed by atoms with van der Waals surface area (Å²) < 4.78 is 8.98. The van der Waals surface area contributed by atoms with Gasteiger partial charge in [0.05, 0.1) is 22.1 Å². The summed E-state index contributed by atoms with van der Waals surface area (Å²) >= 11 is 0. The van der Waals surface area contributed by atoms with Crippen LogP contribution >= 0.6 is 0 Å². The van der Waals surface area contributed by atoms with Gasteiger partial charge in [0, 0.05) is 32.8 Å². The molecule has 3 aromatic heterocycles. The number of hydrogen-bond donors (Lipinski definition) is 0. The van der Waals surface area contributed by atoms with E-state index in [2.05, 4.69) is 102 Å². The number of nitrogens with zero attached hydrogens (tertiary/aromatic N) is 4. The highest BCUT2D eigenvalue weighted by molar-refractivity contribution is 6.24. The van der Waals surface area contributed by atoms with E-state index in [0.29, 0.717) is 17.5 Å². The van der Waals surface area contributed by atoms with Crippen LogP contribution in [0.1, 0.15) is 0 Å². The maximum Gasteiger partial charge on any atom is 0.166 e. The summed E-state index contributed by atoms with van der Waals surface area (Å²) in [5.41, 5.74) is 7.54. The van der Waals surface area contributed by atoms with Crippen LogP contribution in [0.3, 0.4) is 0 Å². The van der Waals surface area contributed by atoms with Crippen molar-refractivity contribution in [2.75, 3.05) is 0 Å². The zero-order valence-electron chi connectivity index (χ0n) is 27.9. The summed E-state index contributed by atoms with van der Waals surface area (Å²) in [6, 6.07) is 59.1. The fourth-order valence-electron chi connectivity index (χ4n) is 7.85. The SMILES string of the molecule is c1ccc(-c2nc(-c3ccccc3)nc(-c3ccc4oc5ccccc5c4c3-n3c4cc5ccccc5cc4c4c5ccccc5ccc43)n2)cc1. The molecule has 11 aromatic rings. The Kier molecular flexibility index (Phi) is 6.18. The molecule has 0 fully saturated rings. The molecule has 0 saturated heterocycles. The monoisotopic (exact) mass is 664 g/mol. The number of para-hydroxylation sites is 1. The van der Waals surface area contributed by atoms with E-state index in [1.807, 2.05) is 72.8 Å². The van der Waals surface area contributed by atoms with Gasteiger partial charge in [-0.15, -0.1) is 0 Å². The van der Waals surface area contributed by atoms with E-state index < -0.39 is 0 Å². The molecule has 242 valence electrons. The van der Waals surface area contributed by atoms with Crippen molar-refractivity contribution in [1.82, 2.24) is 19.5 Å². The summed E-state index contributed by atoms with van der Waals surface area (Å²) in [6.45, 7) is 0. The molecule has 0 bridgehead atoms. The summed E-state index contributed by atoms with van der Waals surface area (Å²) in [5, 5.41) is 9.23. The van der Waals surface area contributed by atoms with Gasteiger partial charge in [-0.3, -0.25) is 0 Å². The predicted octanol–water partition coefficient (Wildman–Crippen LogP) is 12.2. The Morgan fingerprint density at radius 2 is 0.981 bits per heavy atom. The van der Waals surface area contributed by atoms with Gasteiger partial charge in [0.15, 0.2) is 17.5 Å². The van der Waals surface area contributed by atoms with Crippen molar-refractivity contribution in [3.05, 3.63) is 170 Å². The van der Waals surface area contributed by atoms with Gasteiger partial charge >= 0.3 is 0 Å². The standard InChI is InChI=1S/C47H28N4O/c1-3-14-30(15-4-1)45-48-46(31-16-5-2-6-17-31)50-47(49-45)36-24-26-41-43(35-21-11-12-22-40(35)52-41)44(36)51-38-25-23-29-13-9-10-20-34(29)42(38)37-27-32-18-7-8-19-33(32)28-39(37)51/h1-28H. The van der Waals surface area contributed by atoms with Crippen molar-refractivity contribution >= 4 is 65.3 Å². The van der Waals surface area contributed by atoms with Crippen molar-refractivity contribution in [2.45, 2.75) is 0 Å². The molecule has 0 unspecified atom stereocenters. The third-order valence-electron chi connectivity index (χ3n) is 10.2. The Morgan fingerprint density at radius 3 is 1.71 bits per heavy atom. The van der Waals surface area contributed by atoms with Gasteiger partial charge in [-0.05, 0) is 57.9 Å². The normalized spacial score (nSPS) is 11.8. The molecule has 0 aliphatic rings. The smallest absolute Gasteiger partial charge is 0.166 e. The molecule has 0 aliphatic carbocycles. The zero-order chi connectivity index (χ0) is 34.2. The van der Waals surface area contributed by atoms with Crippen molar-refractivity contribution in [3.8, 4) is 39.9 Å². The van der Waals surface area contributed by atoms with Crippen molar-refractivity contribution < 1.29 is 4.42 Å². The summed E-state index contributed by atoms with van der Waals surface area (Å²) in [4.78, 5) is 15.5. The van der Waals surface area contributed by atoms with Crippen LogP contribution in [0.25, 0.3) is 105 Å². The zero-order valence-corrected chi connectivity index (χ0v) is 27.9. The molecule has 8 aromatic carbocycles. The second-order valence-electron chi connectivity index (χ2n) is 13.2. The van der Waals surface area contributed by atoms with E-state index in [1.54, 1.807) is 0 Å². The number of benzene rings is 8. The first-order valence-electron chi connectivity index (χ1n) is 17.5. The fourth-order valence-corrected chi connectivity index (χ4v) is 7.85. The first-order valence-corrected chi connectivity index (χ1v) is 17.5. The number of fused-ring (bicyclic) bond motifs is 9. The third-order valence-corrected chi connectivity index (χ3v) is 10.2. The summed E-state index contributed by atoms with van der Waals surface area (Å²) in [5.74, 6) is 1.82. The lowest BCUT2D eigenvalue weighted by molar-refractivity contribution is 0.669. The molecule has 0 amide bonds. The third kappa shape index (κ3) is 4.33. The van der Waals surface area contributed by atoms with Gasteiger partial charge in [0.2, 0.25) is 0 Å². The Labute approximate surface area is 298 Å². The average Bonchev–Trinajstić information content (AvgIpc) is 3.75. The molecule has 5 nitrogen and oxygen atoms in total. The minimum atomic E-state index is 0.589. The van der Waals surface area contributed by atoms with E-state index in [0.717, 1.165) is 55.3 Å². The van der Waals surface area contributed by atoms with Gasteiger partial charge < -0.3 is 8.98 Å². The molecule has 0 saturated carbocycles. The average molecular weight is 665 g/mol. The van der Waals surface area contributed by atoms with E-state index >= 15 is 0 Å². The van der Waals surface area contributed by atoms with E-state index in [4.69, 9.17) is 19.4 Å².